The molecule has 0 fully saturated rings. The van der Waals surface area contributed by atoms with Crippen molar-refractivity contribution in [2.24, 2.45) is 0 Å². The van der Waals surface area contributed by atoms with Crippen molar-refractivity contribution in [2.45, 2.75) is 12.7 Å². The second-order valence-corrected chi connectivity index (χ2v) is 4.23. The number of alkyl halides is 3. The van der Waals surface area contributed by atoms with Crippen LogP contribution in [0, 0.1) is 0 Å². The van der Waals surface area contributed by atoms with E-state index in [0.29, 0.717) is 11.3 Å². The topological polar surface area (TPSA) is 52.9 Å². The molecule has 0 amide bonds. The highest BCUT2D eigenvalue weighted by atomic mass is 19.4. The Balaban J connectivity index is 2.91. The monoisotopic (exact) mass is 277 g/mol. The number of ether oxygens (including phenoxy) is 1. The van der Waals surface area contributed by atoms with Gasteiger partial charge in [-0.05, 0) is 30.2 Å². The predicted molar refractivity (Wildman–Crippen MR) is 65.2 cm³/mol. The number of halogens is 3. The molecule has 19 heavy (non-hydrogen) atoms. The van der Waals surface area contributed by atoms with Gasteiger partial charge in [0.2, 0.25) is 0 Å². The zero-order valence-corrected chi connectivity index (χ0v) is 10.6. The van der Waals surface area contributed by atoms with E-state index in [1.165, 1.54) is 32.4 Å². The lowest BCUT2D eigenvalue weighted by Crippen LogP contribution is -2.37. The van der Waals surface area contributed by atoms with Gasteiger partial charge in [-0.25, -0.2) is 0 Å². The Labute approximate surface area is 109 Å². The molecular formula is C11H15BF3NO3. The molecule has 0 atom stereocenters. The lowest BCUT2D eigenvalue weighted by molar-refractivity contribution is -0.144. The highest BCUT2D eigenvalue weighted by Crippen LogP contribution is 2.18. The third kappa shape index (κ3) is 5.10. The maximum atomic E-state index is 12.2. The quantitative estimate of drug-likeness (QED) is 0.763. The van der Waals surface area contributed by atoms with Gasteiger partial charge >= 0.3 is 13.3 Å². The molecule has 4 nitrogen and oxygen atoms in total. The zero-order valence-electron chi connectivity index (χ0n) is 10.6. The van der Waals surface area contributed by atoms with Crippen molar-refractivity contribution in [2.75, 3.05) is 20.7 Å². The molecule has 0 heterocycles. The normalized spacial score (nSPS) is 11.8. The van der Waals surface area contributed by atoms with Crippen LogP contribution in [-0.4, -0.2) is 48.9 Å². The molecule has 0 bridgehead atoms. The molecule has 1 aromatic carbocycles. The van der Waals surface area contributed by atoms with Crippen molar-refractivity contribution < 1.29 is 28.0 Å². The third-order valence-corrected chi connectivity index (χ3v) is 2.52. The standard InChI is InChI=1S/C11H15BF3NO3/c1-16(7-11(13,14)15)6-8-5-9(19-2)3-4-10(8)12(17)18/h3-5,17-18H,6-7H2,1-2H3. The molecular weight excluding hydrogens is 262 g/mol. The first-order valence-electron chi connectivity index (χ1n) is 5.51. The Morgan fingerprint density at radius 1 is 1.32 bits per heavy atom. The Hall–Kier alpha value is -1.25. The smallest absolute Gasteiger partial charge is 0.488 e. The fourth-order valence-corrected chi connectivity index (χ4v) is 1.75. The fraction of sp³-hybridized carbons (Fsp3) is 0.455. The number of hydrogen-bond donors (Lipinski definition) is 2. The molecule has 0 saturated heterocycles. The van der Waals surface area contributed by atoms with E-state index in [0.717, 1.165) is 4.90 Å². The van der Waals surface area contributed by atoms with E-state index >= 15 is 0 Å². The molecule has 1 aromatic rings. The summed E-state index contributed by atoms with van der Waals surface area (Å²) in [6.45, 7) is -1.14. The fourth-order valence-electron chi connectivity index (χ4n) is 1.75. The second-order valence-electron chi connectivity index (χ2n) is 4.23. The largest absolute Gasteiger partial charge is 0.497 e. The van der Waals surface area contributed by atoms with Crippen molar-refractivity contribution in [1.82, 2.24) is 4.90 Å². The van der Waals surface area contributed by atoms with E-state index < -0.39 is 19.8 Å². The summed E-state index contributed by atoms with van der Waals surface area (Å²) in [7, 11) is 0.994. The maximum absolute atomic E-state index is 12.2. The Morgan fingerprint density at radius 3 is 2.42 bits per heavy atom. The van der Waals surface area contributed by atoms with Gasteiger partial charge in [0.25, 0.3) is 0 Å². The van der Waals surface area contributed by atoms with Gasteiger partial charge in [-0.3, -0.25) is 4.90 Å². The first-order valence-corrected chi connectivity index (χ1v) is 5.51. The van der Waals surface area contributed by atoms with Crippen LogP contribution in [-0.2, 0) is 6.54 Å². The van der Waals surface area contributed by atoms with Gasteiger partial charge in [0.15, 0.2) is 0 Å². The van der Waals surface area contributed by atoms with Crippen molar-refractivity contribution in [3.8, 4) is 5.75 Å². The third-order valence-electron chi connectivity index (χ3n) is 2.52. The molecule has 0 unspecified atom stereocenters. The van der Waals surface area contributed by atoms with Gasteiger partial charge in [0.05, 0.1) is 13.7 Å². The maximum Gasteiger partial charge on any atom is 0.488 e. The molecule has 0 aromatic heterocycles. The Kier molecular flexibility index (Phi) is 5.22. The first-order chi connectivity index (χ1) is 8.73. The first kappa shape index (κ1) is 15.8. The number of nitrogens with zero attached hydrogens (tertiary/aromatic N) is 1. The molecule has 0 saturated carbocycles. The molecule has 0 radical (unpaired) electrons. The molecule has 106 valence electrons. The van der Waals surface area contributed by atoms with E-state index in [1.54, 1.807) is 0 Å². The summed E-state index contributed by atoms with van der Waals surface area (Å²) in [6.07, 6.45) is -4.30. The van der Waals surface area contributed by atoms with Crippen LogP contribution < -0.4 is 10.2 Å². The highest BCUT2D eigenvalue weighted by molar-refractivity contribution is 6.59. The second kappa shape index (κ2) is 6.27. The van der Waals surface area contributed by atoms with Crippen molar-refractivity contribution in [3.05, 3.63) is 23.8 Å². The minimum Gasteiger partial charge on any atom is -0.497 e. The average molecular weight is 277 g/mol. The molecule has 0 aliphatic heterocycles. The van der Waals surface area contributed by atoms with Crippen LogP contribution in [0.25, 0.3) is 0 Å². The van der Waals surface area contributed by atoms with Crippen molar-refractivity contribution >= 4 is 12.6 Å². The number of rotatable bonds is 5. The van der Waals surface area contributed by atoms with Crippen LogP contribution >= 0.6 is 0 Å². The molecule has 0 aliphatic rings. The molecule has 2 N–H and O–H groups in total. The highest BCUT2D eigenvalue weighted by Gasteiger charge is 2.29. The predicted octanol–water partition coefficient (Wildman–Crippen LogP) is 0.369. The number of hydrogen-bond acceptors (Lipinski definition) is 4. The van der Waals surface area contributed by atoms with Gasteiger partial charge in [-0.2, -0.15) is 13.2 Å². The molecule has 1 rings (SSSR count). The summed E-state index contributed by atoms with van der Waals surface area (Å²) in [6, 6.07) is 4.42. The van der Waals surface area contributed by atoms with Crippen molar-refractivity contribution in [3.63, 3.8) is 0 Å². The summed E-state index contributed by atoms with van der Waals surface area (Å²) >= 11 is 0. The van der Waals surface area contributed by atoms with E-state index in [4.69, 9.17) is 4.74 Å². The number of benzene rings is 1. The van der Waals surface area contributed by atoms with Gasteiger partial charge in [-0.15, -0.1) is 0 Å². The van der Waals surface area contributed by atoms with E-state index in [-0.39, 0.29) is 12.0 Å². The summed E-state index contributed by atoms with van der Waals surface area (Å²) in [4.78, 5) is 1.04. The Morgan fingerprint density at radius 2 is 1.95 bits per heavy atom. The Bertz CT molecular complexity index is 426. The van der Waals surface area contributed by atoms with E-state index in [9.17, 15) is 23.2 Å². The van der Waals surface area contributed by atoms with Crippen LogP contribution in [0.5, 0.6) is 5.75 Å². The van der Waals surface area contributed by atoms with Gasteiger partial charge in [0.1, 0.15) is 5.75 Å². The van der Waals surface area contributed by atoms with Gasteiger partial charge in [0, 0.05) is 6.54 Å². The minimum absolute atomic E-state index is 0.0658. The van der Waals surface area contributed by atoms with E-state index in [1.807, 2.05) is 0 Å². The summed E-state index contributed by atoms with van der Waals surface area (Å²) < 4.78 is 41.7. The molecule has 8 heteroatoms. The van der Waals surface area contributed by atoms with Crippen LogP contribution in [0.2, 0.25) is 0 Å². The number of methoxy groups -OCH3 is 1. The van der Waals surface area contributed by atoms with Crippen molar-refractivity contribution in [1.29, 1.82) is 0 Å². The van der Waals surface area contributed by atoms with Crippen LogP contribution in [0.15, 0.2) is 18.2 Å². The SMILES string of the molecule is COc1ccc(B(O)O)c(CN(C)CC(F)(F)F)c1. The summed E-state index contributed by atoms with van der Waals surface area (Å²) in [5, 5.41) is 18.4. The van der Waals surface area contributed by atoms with Gasteiger partial charge in [-0.1, -0.05) is 6.07 Å². The zero-order chi connectivity index (χ0) is 14.6. The van der Waals surface area contributed by atoms with Crippen LogP contribution in [0.1, 0.15) is 5.56 Å². The lowest BCUT2D eigenvalue weighted by atomic mass is 9.77. The van der Waals surface area contributed by atoms with Gasteiger partial charge < -0.3 is 14.8 Å². The average Bonchev–Trinajstić information content (AvgIpc) is 2.25. The van der Waals surface area contributed by atoms with Crippen LogP contribution in [0.3, 0.4) is 0 Å². The minimum atomic E-state index is -4.30. The van der Waals surface area contributed by atoms with Crippen LogP contribution in [0.4, 0.5) is 13.2 Å². The summed E-state index contributed by atoms with van der Waals surface area (Å²) in [5.41, 5.74) is 0.538. The molecule has 0 spiro atoms. The van der Waals surface area contributed by atoms with E-state index in [2.05, 4.69) is 0 Å². The lowest BCUT2D eigenvalue weighted by Gasteiger charge is -2.20. The molecule has 0 aliphatic carbocycles. The summed E-state index contributed by atoms with van der Waals surface area (Å²) in [5.74, 6) is 0.444.